The molecular weight excluding hydrogens is 174 g/mol. The van der Waals surface area contributed by atoms with Crippen molar-refractivity contribution in [3.63, 3.8) is 0 Å². The molecule has 0 heterocycles. The number of hydrogen-bond acceptors (Lipinski definition) is 2. The summed E-state index contributed by atoms with van der Waals surface area (Å²) >= 11 is 0. The van der Waals surface area contributed by atoms with E-state index in [4.69, 9.17) is 5.73 Å². The number of phenolic OH excluding ortho intramolecular Hbond substituents is 1. The predicted molar refractivity (Wildman–Crippen MR) is 59.7 cm³/mol. The third-order valence-corrected chi connectivity index (χ3v) is 2.83. The first-order valence-corrected chi connectivity index (χ1v) is 5.06. The molecule has 0 bridgehead atoms. The van der Waals surface area contributed by atoms with E-state index in [0.29, 0.717) is 18.2 Å². The minimum Gasteiger partial charge on any atom is -0.508 e. The van der Waals surface area contributed by atoms with Crippen molar-refractivity contribution in [3.05, 3.63) is 28.8 Å². The minimum atomic E-state index is 0.392. The lowest BCUT2D eigenvalue weighted by Gasteiger charge is -2.13. The van der Waals surface area contributed by atoms with Crippen LogP contribution in [0.2, 0.25) is 0 Å². The maximum atomic E-state index is 9.67. The Bertz CT molecular complexity index is 297. The van der Waals surface area contributed by atoms with Crippen LogP contribution >= 0.6 is 0 Å². The largest absolute Gasteiger partial charge is 0.508 e. The van der Waals surface area contributed by atoms with Gasteiger partial charge in [-0.15, -0.1) is 0 Å². The van der Waals surface area contributed by atoms with Gasteiger partial charge in [-0.1, -0.05) is 13.0 Å². The fourth-order valence-corrected chi connectivity index (χ4v) is 1.57. The smallest absolute Gasteiger partial charge is 0.119 e. The van der Waals surface area contributed by atoms with Crippen LogP contribution in [0.15, 0.2) is 12.1 Å². The molecule has 14 heavy (non-hydrogen) atoms. The Morgan fingerprint density at radius 2 is 2.00 bits per heavy atom. The van der Waals surface area contributed by atoms with Gasteiger partial charge < -0.3 is 10.8 Å². The molecule has 1 aromatic carbocycles. The van der Waals surface area contributed by atoms with E-state index >= 15 is 0 Å². The highest BCUT2D eigenvalue weighted by Gasteiger charge is 2.08. The monoisotopic (exact) mass is 193 g/mol. The van der Waals surface area contributed by atoms with E-state index in [1.165, 1.54) is 5.56 Å². The normalized spacial score (nSPS) is 12.9. The van der Waals surface area contributed by atoms with Crippen molar-refractivity contribution in [3.8, 4) is 5.75 Å². The zero-order valence-electron chi connectivity index (χ0n) is 9.17. The van der Waals surface area contributed by atoms with Crippen LogP contribution in [-0.2, 0) is 0 Å². The molecule has 0 aliphatic carbocycles. The van der Waals surface area contributed by atoms with Crippen LogP contribution in [0.4, 0.5) is 0 Å². The van der Waals surface area contributed by atoms with E-state index in [-0.39, 0.29) is 0 Å². The summed E-state index contributed by atoms with van der Waals surface area (Å²) in [7, 11) is 0. The molecule has 0 radical (unpaired) electrons. The highest BCUT2D eigenvalue weighted by molar-refractivity contribution is 5.42. The lowest BCUT2D eigenvalue weighted by molar-refractivity contribution is 0.468. The van der Waals surface area contributed by atoms with E-state index in [2.05, 4.69) is 13.0 Å². The first kappa shape index (κ1) is 11.1. The number of nitrogens with two attached hydrogens (primary N) is 1. The highest BCUT2D eigenvalue weighted by Crippen LogP contribution is 2.27. The SMILES string of the molecule is Cc1cc(C(C)CCN)cc(O)c1C. The summed E-state index contributed by atoms with van der Waals surface area (Å²) in [5.41, 5.74) is 8.80. The first-order chi connectivity index (χ1) is 6.56. The van der Waals surface area contributed by atoms with Gasteiger partial charge in [-0.25, -0.2) is 0 Å². The number of aryl methyl sites for hydroxylation is 1. The first-order valence-electron chi connectivity index (χ1n) is 5.06. The highest BCUT2D eigenvalue weighted by atomic mass is 16.3. The van der Waals surface area contributed by atoms with Gasteiger partial charge in [0.15, 0.2) is 0 Å². The van der Waals surface area contributed by atoms with Gasteiger partial charge in [-0.05, 0) is 55.5 Å². The average molecular weight is 193 g/mol. The van der Waals surface area contributed by atoms with E-state index in [0.717, 1.165) is 17.5 Å². The van der Waals surface area contributed by atoms with Gasteiger partial charge in [-0.3, -0.25) is 0 Å². The van der Waals surface area contributed by atoms with E-state index < -0.39 is 0 Å². The van der Waals surface area contributed by atoms with E-state index in [1.807, 2.05) is 19.9 Å². The van der Waals surface area contributed by atoms with Crippen LogP contribution in [0.25, 0.3) is 0 Å². The molecule has 0 aliphatic rings. The van der Waals surface area contributed by atoms with Crippen molar-refractivity contribution in [1.29, 1.82) is 0 Å². The molecule has 2 heteroatoms. The Morgan fingerprint density at radius 3 is 2.50 bits per heavy atom. The second-order valence-electron chi connectivity index (χ2n) is 3.96. The van der Waals surface area contributed by atoms with Crippen molar-refractivity contribution < 1.29 is 5.11 Å². The van der Waals surface area contributed by atoms with Gasteiger partial charge in [0.25, 0.3) is 0 Å². The summed E-state index contributed by atoms with van der Waals surface area (Å²) < 4.78 is 0. The van der Waals surface area contributed by atoms with Crippen LogP contribution < -0.4 is 5.73 Å². The molecule has 0 aliphatic heterocycles. The Hall–Kier alpha value is -1.02. The lowest BCUT2D eigenvalue weighted by Crippen LogP contribution is -2.05. The van der Waals surface area contributed by atoms with Gasteiger partial charge >= 0.3 is 0 Å². The van der Waals surface area contributed by atoms with Gasteiger partial charge in [0.05, 0.1) is 0 Å². The Labute approximate surface area is 85.8 Å². The zero-order valence-corrected chi connectivity index (χ0v) is 9.17. The number of rotatable bonds is 3. The molecule has 0 saturated carbocycles. The quantitative estimate of drug-likeness (QED) is 0.774. The van der Waals surface area contributed by atoms with Gasteiger partial charge in [-0.2, -0.15) is 0 Å². The molecule has 1 unspecified atom stereocenters. The lowest BCUT2D eigenvalue weighted by atomic mass is 9.94. The topological polar surface area (TPSA) is 46.2 Å². The second-order valence-corrected chi connectivity index (χ2v) is 3.96. The summed E-state index contributed by atoms with van der Waals surface area (Å²) in [4.78, 5) is 0. The van der Waals surface area contributed by atoms with Crippen molar-refractivity contribution in [2.45, 2.75) is 33.1 Å². The molecule has 3 N–H and O–H groups in total. The second kappa shape index (κ2) is 4.47. The summed E-state index contributed by atoms with van der Waals surface area (Å²) in [6, 6.07) is 3.98. The maximum absolute atomic E-state index is 9.67. The third kappa shape index (κ3) is 2.26. The Balaban J connectivity index is 3.00. The number of benzene rings is 1. The summed E-state index contributed by atoms with van der Waals surface area (Å²) in [5.74, 6) is 0.814. The summed E-state index contributed by atoms with van der Waals surface area (Å²) in [6.07, 6.45) is 0.960. The van der Waals surface area contributed by atoms with Crippen LogP contribution in [0, 0.1) is 13.8 Å². The molecule has 78 valence electrons. The fourth-order valence-electron chi connectivity index (χ4n) is 1.57. The molecule has 2 nitrogen and oxygen atoms in total. The molecule has 0 amide bonds. The minimum absolute atomic E-state index is 0.392. The predicted octanol–water partition coefficient (Wildman–Crippen LogP) is 2.46. The molecule has 0 fully saturated rings. The van der Waals surface area contributed by atoms with Crippen LogP contribution in [0.5, 0.6) is 5.75 Å². The molecule has 0 aromatic heterocycles. The van der Waals surface area contributed by atoms with Crippen molar-refractivity contribution in [2.75, 3.05) is 6.54 Å². The Kier molecular flexibility index (Phi) is 3.53. The van der Waals surface area contributed by atoms with Crippen LogP contribution in [0.3, 0.4) is 0 Å². The van der Waals surface area contributed by atoms with E-state index in [1.54, 1.807) is 0 Å². The van der Waals surface area contributed by atoms with Crippen molar-refractivity contribution in [1.82, 2.24) is 0 Å². The van der Waals surface area contributed by atoms with Crippen LogP contribution in [0.1, 0.15) is 36.0 Å². The molecule has 1 rings (SSSR count). The Morgan fingerprint density at radius 1 is 1.36 bits per heavy atom. The third-order valence-electron chi connectivity index (χ3n) is 2.83. The summed E-state index contributed by atoms with van der Waals surface area (Å²) in [5, 5.41) is 9.67. The van der Waals surface area contributed by atoms with Gasteiger partial charge in [0.1, 0.15) is 5.75 Å². The number of aromatic hydroxyl groups is 1. The van der Waals surface area contributed by atoms with Gasteiger partial charge in [0.2, 0.25) is 0 Å². The zero-order chi connectivity index (χ0) is 10.7. The molecule has 0 spiro atoms. The van der Waals surface area contributed by atoms with E-state index in [9.17, 15) is 5.11 Å². The molecule has 0 saturated heterocycles. The number of hydrogen-bond donors (Lipinski definition) is 2. The van der Waals surface area contributed by atoms with Crippen molar-refractivity contribution >= 4 is 0 Å². The van der Waals surface area contributed by atoms with Gasteiger partial charge in [0, 0.05) is 0 Å². The fraction of sp³-hybridized carbons (Fsp3) is 0.500. The maximum Gasteiger partial charge on any atom is 0.119 e. The van der Waals surface area contributed by atoms with Crippen LogP contribution in [-0.4, -0.2) is 11.7 Å². The van der Waals surface area contributed by atoms with Crippen molar-refractivity contribution in [2.24, 2.45) is 5.73 Å². The standard InChI is InChI=1S/C12H19NO/c1-8(4-5-13)11-6-9(2)10(3)12(14)7-11/h6-8,14H,4-5,13H2,1-3H3. The molecular formula is C12H19NO. The number of phenols is 1. The summed E-state index contributed by atoms with van der Waals surface area (Å²) in [6.45, 7) is 6.78. The molecule has 1 atom stereocenters. The average Bonchev–Trinajstić information content (AvgIpc) is 2.13. The molecule has 1 aromatic rings.